The van der Waals surface area contributed by atoms with Gasteiger partial charge in [0.05, 0.1) is 0 Å². The van der Waals surface area contributed by atoms with E-state index in [1.165, 1.54) is 0 Å². The first-order valence-electron chi connectivity index (χ1n) is 5.82. The highest BCUT2D eigenvalue weighted by Gasteiger charge is 2.17. The van der Waals surface area contributed by atoms with Crippen molar-refractivity contribution in [1.29, 1.82) is 0 Å². The molecule has 0 rings (SSSR count). The van der Waals surface area contributed by atoms with Crippen molar-refractivity contribution in [2.24, 2.45) is 17.3 Å². The summed E-state index contributed by atoms with van der Waals surface area (Å²) in [6, 6.07) is 0. The molecule has 0 aromatic rings. The van der Waals surface area contributed by atoms with Gasteiger partial charge < -0.3 is 5.11 Å². The number of hydrogen-bond acceptors (Lipinski definition) is 1. The fraction of sp³-hybridized carbons (Fsp3) is 1.00. The predicted molar refractivity (Wildman–Crippen MR) is 67.6 cm³/mol. The molecule has 0 radical (unpaired) electrons. The second kappa shape index (κ2) is 11.0. The third kappa shape index (κ3) is 22.7. The van der Waals surface area contributed by atoms with Crippen LogP contribution < -0.4 is 0 Å². The molecule has 0 bridgehead atoms. The normalized spacial score (nSPS) is 12.2. The van der Waals surface area contributed by atoms with Crippen LogP contribution in [0.5, 0.6) is 0 Å². The molecule has 0 aromatic carbocycles. The van der Waals surface area contributed by atoms with Crippen LogP contribution in [0.15, 0.2) is 0 Å². The zero-order valence-electron chi connectivity index (χ0n) is 11.8. The monoisotopic (exact) mass is 204 g/mol. The molecule has 0 aliphatic carbocycles. The highest BCUT2D eigenvalue weighted by atomic mass is 16.3. The number of rotatable bonds is 1. The molecule has 0 saturated heterocycles. The molecule has 0 amide bonds. The van der Waals surface area contributed by atoms with Gasteiger partial charge in [0.15, 0.2) is 0 Å². The lowest BCUT2D eigenvalue weighted by Gasteiger charge is -2.24. The van der Waals surface area contributed by atoms with Crippen LogP contribution in [0.2, 0.25) is 0 Å². The Morgan fingerprint density at radius 1 is 0.929 bits per heavy atom. The summed E-state index contributed by atoms with van der Waals surface area (Å²) in [5.74, 6) is 1.24. The first-order valence-corrected chi connectivity index (χ1v) is 5.82. The van der Waals surface area contributed by atoms with Gasteiger partial charge in [0, 0.05) is 6.61 Å². The van der Waals surface area contributed by atoms with Gasteiger partial charge in [-0.2, -0.15) is 0 Å². The molecule has 1 N–H and O–H groups in total. The van der Waals surface area contributed by atoms with E-state index in [1.807, 2.05) is 13.8 Å². The van der Waals surface area contributed by atoms with Crippen LogP contribution >= 0.6 is 0 Å². The van der Waals surface area contributed by atoms with Gasteiger partial charge in [0.25, 0.3) is 0 Å². The molecule has 0 fully saturated rings. The van der Waals surface area contributed by atoms with Crippen molar-refractivity contribution in [3.05, 3.63) is 0 Å². The summed E-state index contributed by atoms with van der Waals surface area (Å²) in [5.41, 5.74) is 0.259. The Kier molecular flexibility index (Phi) is 15.4. The van der Waals surface area contributed by atoms with E-state index in [2.05, 4.69) is 48.5 Å². The molecule has 0 saturated carbocycles. The van der Waals surface area contributed by atoms with E-state index in [0.29, 0.717) is 12.5 Å². The summed E-state index contributed by atoms with van der Waals surface area (Å²) >= 11 is 0. The van der Waals surface area contributed by atoms with Crippen LogP contribution in [0, 0.1) is 17.3 Å². The second-order valence-electron chi connectivity index (χ2n) is 5.18. The van der Waals surface area contributed by atoms with Crippen LogP contribution in [0.1, 0.15) is 62.3 Å². The molecule has 0 heterocycles. The van der Waals surface area contributed by atoms with E-state index in [9.17, 15) is 0 Å². The quantitative estimate of drug-likeness (QED) is 0.673. The molecular weight excluding hydrogens is 172 g/mol. The maximum atomic E-state index is 8.67. The topological polar surface area (TPSA) is 20.2 Å². The van der Waals surface area contributed by atoms with E-state index < -0.39 is 0 Å². The van der Waals surface area contributed by atoms with Gasteiger partial charge in [0.1, 0.15) is 0 Å². The molecule has 14 heavy (non-hydrogen) atoms. The Morgan fingerprint density at radius 2 is 1.14 bits per heavy atom. The Labute approximate surface area is 91.9 Å². The van der Waals surface area contributed by atoms with Crippen molar-refractivity contribution in [2.45, 2.75) is 62.3 Å². The fourth-order valence-electron chi connectivity index (χ4n) is 0.274. The Hall–Kier alpha value is -0.0400. The van der Waals surface area contributed by atoms with Crippen molar-refractivity contribution < 1.29 is 5.11 Å². The van der Waals surface area contributed by atoms with Gasteiger partial charge in [-0.1, -0.05) is 62.3 Å². The second-order valence-corrected chi connectivity index (χ2v) is 5.18. The van der Waals surface area contributed by atoms with Crippen molar-refractivity contribution in [1.82, 2.24) is 0 Å². The van der Waals surface area contributed by atoms with Crippen molar-refractivity contribution >= 4 is 0 Å². The molecule has 1 heteroatoms. The highest BCUT2D eigenvalue weighted by molar-refractivity contribution is 4.67. The van der Waals surface area contributed by atoms with Crippen molar-refractivity contribution in [2.75, 3.05) is 6.61 Å². The lowest BCUT2D eigenvalue weighted by Crippen LogP contribution is -2.20. The van der Waals surface area contributed by atoms with Gasteiger partial charge in [-0.15, -0.1) is 0 Å². The summed E-state index contributed by atoms with van der Waals surface area (Å²) < 4.78 is 0. The molecule has 1 unspecified atom stereocenters. The largest absolute Gasteiger partial charge is 0.396 e. The molecule has 1 nitrogen and oxygen atoms in total. The van der Waals surface area contributed by atoms with Gasteiger partial charge in [-0.25, -0.2) is 0 Å². The molecule has 0 aromatic heterocycles. The van der Waals surface area contributed by atoms with E-state index in [4.69, 9.17) is 5.11 Å². The molecular formula is C13H32O. The van der Waals surface area contributed by atoms with E-state index in [1.54, 1.807) is 0 Å². The minimum absolute atomic E-state index is 0.259. The van der Waals surface area contributed by atoms with Crippen LogP contribution in [0.25, 0.3) is 0 Å². The number of aliphatic hydroxyl groups is 1. The smallest absolute Gasteiger partial charge is 0.0461 e. The maximum absolute atomic E-state index is 8.67. The average molecular weight is 204 g/mol. The van der Waals surface area contributed by atoms with Crippen molar-refractivity contribution in [3.8, 4) is 0 Å². The van der Waals surface area contributed by atoms with Gasteiger partial charge in [-0.3, -0.25) is 0 Å². The van der Waals surface area contributed by atoms with Gasteiger partial charge >= 0.3 is 0 Å². The average Bonchev–Trinajstić information content (AvgIpc) is 2.04. The lowest BCUT2D eigenvalue weighted by molar-refractivity contribution is 0.146. The van der Waals surface area contributed by atoms with E-state index in [0.717, 1.165) is 5.92 Å². The third-order valence-corrected chi connectivity index (χ3v) is 1.75. The van der Waals surface area contributed by atoms with E-state index in [-0.39, 0.29) is 5.41 Å². The van der Waals surface area contributed by atoms with Crippen LogP contribution in [-0.4, -0.2) is 11.7 Å². The zero-order valence-corrected chi connectivity index (χ0v) is 11.8. The Bertz CT molecular complexity index is 87.1. The lowest BCUT2D eigenvalue weighted by atomic mass is 9.83. The SMILES string of the molecule is CC.CC(C)C.CC(CO)C(C)(C)C. The standard InChI is InChI=1S/C7H16O.C4H10.C2H6/c1-6(5-8)7(2,3)4;1-4(2)3;1-2/h6,8H,5H2,1-4H3;4H,1-3H3;1-2H3. The molecule has 1 atom stereocenters. The maximum Gasteiger partial charge on any atom is 0.0461 e. The number of hydrogen-bond donors (Lipinski definition) is 1. The van der Waals surface area contributed by atoms with E-state index >= 15 is 0 Å². The summed E-state index contributed by atoms with van der Waals surface area (Å²) in [6.45, 7) is 19.2. The fourth-order valence-corrected chi connectivity index (χ4v) is 0.274. The van der Waals surface area contributed by atoms with Crippen molar-refractivity contribution in [3.63, 3.8) is 0 Å². The highest BCUT2D eigenvalue weighted by Crippen LogP contribution is 2.23. The Morgan fingerprint density at radius 3 is 1.14 bits per heavy atom. The van der Waals surface area contributed by atoms with Crippen LogP contribution in [-0.2, 0) is 0 Å². The molecule has 0 spiro atoms. The molecule has 0 aliphatic rings. The minimum Gasteiger partial charge on any atom is -0.396 e. The number of aliphatic hydroxyl groups excluding tert-OH is 1. The minimum atomic E-state index is 0.259. The summed E-state index contributed by atoms with van der Waals surface area (Å²) in [7, 11) is 0. The molecule has 0 aliphatic heterocycles. The summed E-state index contributed by atoms with van der Waals surface area (Å²) in [4.78, 5) is 0. The molecule has 90 valence electrons. The summed E-state index contributed by atoms with van der Waals surface area (Å²) in [5, 5.41) is 8.67. The van der Waals surface area contributed by atoms with Crippen LogP contribution in [0.3, 0.4) is 0 Å². The first-order chi connectivity index (χ1) is 6.21. The van der Waals surface area contributed by atoms with Gasteiger partial charge in [0.2, 0.25) is 0 Å². The Balaban J connectivity index is -0.000000170. The zero-order chi connectivity index (χ0) is 12.4. The summed E-state index contributed by atoms with van der Waals surface area (Å²) in [6.07, 6.45) is 0. The predicted octanol–water partition coefficient (Wildman–Crippen LogP) is 4.35. The third-order valence-electron chi connectivity index (χ3n) is 1.75. The first kappa shape index (κ1) is 19.5. The van der Waals surface area contributed by atoms with Crippen LogP contribution in [0.4, 0.5) is 0 Å². The van der Waals surface area contributed by atoms with Gasteiger partial charge in [-0.05, 0) is 17.3 Å².